The minimum atomic E-state index is -0.0550. The van der Waals surface area contributed by atoms with Crippen LogP contribution in [0.2, 0.25) is 0 Å². The van der Waals surface area contributed by atoms with E-state index >= 15 is 0 Å². The molecule has 2 aliphatic heterocycles. The highest BCUT2D eigenvalue weighted by Gasteiger charge is 2.44. The molecule has 26 heavy (non-hydrogen) atoms. The quantitative estimate of drug-likeness (QED) is 0.814. The predicted octanol–water partition coefficient (Wildman–Crippen LogP) is 1.87. The highest BCUT2D eigenvalue weighted by molar-refractivity contribution is 5.94. The molecule has 2 aliphatic rings. The topological polar surface area (TPSA) is 71.7 Å². The summed E-state index contributed by atoms with van der Waals surface area (Å²) in [5.74, 6) is 1.26. The van der Waals surface area contributed by atoms with Gasteiger partial charge < -0.3 is 14.2 Å². The molecule has 0 saturated carbocycles. The van der Waals surface area contributed by atoms with Crippen molar-refractivity contribution < 1.29 is 14.1 Å². The largest absolute Gasteiger partial charge is 0.380 e. The van der Waals surface area contributed by atoms with Crippen LogP contribution in [-0.2, 0) is 17.9 Å². The molecule has 2 aromatic rings. The van der Waals surface area contributed by atoms with E-state index in [0.717, 1.165) is 38.2 Å². The summed E-state index contributed by atoms with van der Waals surface area (Å²) in [7, 11) is 1.61. The van der Waals surface area contributed by atoms with E-state index in [1.54, 1.807) is 13.3 Å². The van der Waals surface area contributed by atoms with Crippen LogP contribution in [0.25, 0.3) is 0 Å². The first-order valence-electron chi connectivity index (χ1n) is 9.03. The molecule has 0 spiro atoms. The summed E-state index contributed by atoms with van der Waals surface area (Å²) in [6.45, 7) is 5.64. The Hall–Kier alpha value is -2.25. The number of aromatic nitrogens is 2. The van der Waals surface area contributed by atoms with Crippen molar-refractivity contribution in [3.05, 3.63) is 47.1 Å². The fourth-order valence-corrected chi connectivity index (χ4v) is 4.02. The number of likely N-dealkylation sites (tertiary alicyclic amines) is 2. The Morgan fingerprint density at radius 3 is 3.08 bits per heavy atom. The molecule has 0 N–H and O–H groups in total. The van der Waals surface area contributed by atoms with Crippen LogP contribution in [0.1, 0.15) is 33.8 Å². The summed E-state index contributed by atoms with van der Waals surface area (Å²) < 4.78 is 10.4. The van der Waals surface area contributed by atoms with Crippen molar-refractivity contribution in [1.29, 1.82) is 0 Å². The second-order valence-electron chi connectivity index (χ2n) is 7.16. The molecule has 4 rings (SSSR count). The van der Waals surface area contributed by atoms with Crippen molar-refractivity contribution in [3.8, 4) is 0 Å². The van der Waals surface area contributed by atoms with Gasteiger partial charge in [-0.25, -0.2) is 0 Å². The number of nitrogens with zero attached hydrogens (tertiary/aromatic N) is 4. The summed E-state index contributed by atoms with van der Waals surface area (Å²) in [5, 5.41) is 3.99. The second kappa shape index (κ2) is 7.17. The van der Waals surface area contributed by atoms with Gasteiger partial charge in [0.2, 0.25) is 0 Å². The number of aryl methyl sites for hydroxylation is 1. The van der Waals surface area contributed by atoms with E-state index < -0.39 is 0 Å². The van der Waals surface area contributed by atoms with Crippen molar-refractivity contribution in [1.82, 2.24) is 19.9 Å². The van der Waals surface area contributed by atoms with Gasteiger partial charge in [-0.2, -0.15) is 0 Å². The Bertz CT molecular complexity index is 776. The minimum absolute atomic E-state index is 0.0550. The number of carbonyl (C=O) groups excluding carboxylic acids is 1. The molecular formula is C19H24N4O3. The van der Waals surface area contributed by atoms with Crippen LogP contribution < -0.4 is 0 Å². The van der Waals surface area contributed by atoms with Gasteiger partial charge in [-0.1, -0.05) is 11.2 Å². The Labute approximate surface area is 152 Å². The summed E-state index contributed by atoms with van der Waals surface area (Å²) in [6.07, 6.45) is 4.74. The zero-order valence-corrected chi connectivity index (χ0v) is 15.2. The van der Waals surface area contributed by atoms with Gasteiger partial charge in [0.15, 0.2) is 5.69 Å². The maximum absolute atomic E-state index is 13.0. The van der Waals surface area contributed by atoms with Gasteiger partial charge in [0, 0.05) is 51.7 Å². The Kier molecular flexibility index (Phi) is 4.74. The summed E-state index contributed by atoms with van der Waals surface area (Å²) in [5.41, 5.74) is 2.35. The maximum atomic E-state index is 13.0. The van der Waals surface area contributed by atoms with E-state index in [0.29, 0.717) is 30.0 Å². The molecule has 1 amide bonds. The third kappa shape index (κ3) is 3.12. The Morgan fingerprint density at radius 1 is 1.42 bits per heavy atom. The van der Waals surface area contributed by atoms with Gasteiger partial charge in [-0.05, 0) is 30.9 Å². The monoisotopic (exact) mass is 356 g/mol. The smallest absolute Gasteiger partial charge is 0.276 e. The Balaban J connectivity index is 1.44. The van der Waals surface area contributed by atoms with Gasteiger partial charge in [-0.15, -0.1) is 0 Å². The van der Waals surface area contributed by atoms with Gasteiger partial charge in [0.25, 0.3) is 5.91 Å². The fourth-order valence-electron chi connectivity index (χ4n) is 4.02. The molecule has 2 fully saturated rings. The molecule has 2 aromatic heterocycles. The molecule has 0 bridgehead atoms. The number of hydrogen-bond acceptors (Lipinski definition) is 6. The Morgan fingerprint density at radius 2 is 2.31 bits per heavy atom. The highest BCUT2D eigenvalue weighted by atomic mass is 16.5. The minimum Gasteiger partial charge on any atom is -0.380 e. The average Bonchev–Trinajstić information content (AvgIpc) is 3.01. The van der Waals surface area contributed by atoms with E-state index in [4.69, 9.17) is 9.26 Å². The van der Waals surface area contributed by atoms with Gasteiger partial charge >= 0.3 is 0 Å². The zero-order chi connectivity index (χ0) is 18.1. The predicted molar refractivity (Wildman–Crippen MR) is 94.4 cm³/mol. The van der Waals surface area contributed by atoms with E-state index in [1.165, 1.54) is 5.56 Å². The first kappa shape index (κ1) is 17.2. The van der Waals surface area contributed by atoms with E-state index in [1.807, 2.05) is 24.1 Å². The van der Waals surface area contributed by atoms with Crippen LogP contribution in [0.4, 0.5) is 0 Å². The normalized spacial score (nSPS) is 22.8. The lowest BCUT2D eigenvalue weighted by molar-refractivity contribution is -0.0430. The number of methoxy groups -OCH3 is 1. The number of ether oxygens (including phenoxy) is 1. The summed E-state index contributed by atoms with van der Waals surface area (Å²) in [4.78, 5) is 21.5. The van der Waals surface area contributed by atoms with Gasteiger partial charge in [-0.3, -0.25) is 14.7 Å². The molecule has 138 valence electrons. The van der Waals surface area contributed by atoms with Crippen molar-refractivity contribution in [3.63, 3.8) is 0 Å². The number of pyridine rings is 1. The van der Waals surface area contributed by atoms with Crippen molar-refractivity contribution in [2.24, 2.45) is 5.92 Å². The molecule has 7 nitrogen and oxygen atoms in total. The molecule has 2 saturated heterocycles. The molecule has 0 unspecified atom stereocenters. The van der Waals surface area contributed by atoms with Crippen molar-refractivity contribution >= 4 is 5.91 Å². The summed E-state index contributed by atoms with van der Waals surface area (Å²) in [6, 6.07) is 4.47. The number of fused-ring (bicyclic) bond motifs is 1. The number of carbonyl (C=O) groups is 1. The number of piperidine rings is 1. The lowest BCUT2D eigenvalue weighted by Crippen LogP contribution is -2.64. The summed E-state index contributed by atoms with van der Waals surface area (Å²) >= 11 is 0. The molecule has 0 aliphatic carbocycles. The number of amides is 1. The first-order chi connectivity index (χ1) is 12.7. The van der Waals surface area contributed by atoms with Crippen LogP contribution >= 0.6 is 0 Å². The zero-order valence-electron chi connectivity index (χ0n) is 15.2. The third-order valence-electron chi connectivity index (χ3n) is 5.53. The standard InChI is InChI=1S/C19H24N4O3/c1-13-16(12-25-2)18(21-26-13)19(24)22-7-5-15-10-23(17(15)11-22)9-14-4-3-6-20-8-14/h3-4,6,8,15,17H,5,7,9-12H2,1-2H3/t15-,17-/m1/s1. The van der Waals surface area contributed by atoms with Gasteiger partial charge in [0.05, 0.1) is 12.2 Å². The SMILES string of the molecule is COCc1c(C(=O)N2CC[C@@H]3CN(Cc4cccnc4)[C@@H]3C2)noc1C. The fraction of sp³-hybridized carbons (Fsp3) is 0.526. The lowest BCUT2D eigenvalue weighted by Gasteiger charge is -2.53. The number of rotatable bonds is 5. The van der Waals surface area contributed by atoms with Crippen LogP contribution in [0.3, 0.4) is 0 Å². The van der Waals surface area contributed by atoms with Crippen molar-refractivity contribution in [2.75, 3.05) is 26.7 Å². The molecule has 4 heterocycles. The molecule has 2 atom stereocenters. The molecule has 0 aromatic carbocycles. The van der Waals surface area contributed by atoms with Crippen molar-refractivity contribution in [2.45, 2.75) is 32.5 Å². The molecule has 0 radical (unpaired) electrons. The average molecular weight is 356 g/mol. The number of hydrogen-bond donors (Lipinski definition) is 0. The van der Waals surface area contributed by atoms with Crippen LogP contribution in [0.5, 0.6) is 0 Å². The maximum Gasteiger partial charge on any atom is 0.276 e. The van der Waals surface area contributed by atoms with Crippen LogP contribution in [-0.4, -0.2) is 58.6 Å². The third-order valence-corrected chi connectivity index (χ3v) is 5.53. The lowest BCUT2D eigenvalue weighted by atomic mass is 9.82. The van der Waals surface area contributed by atoms with Crippen LogP contribution in [0, 0.1) is 12.8 Å². The van der Waals surface area contributed by atoms with E-state index in [9.17, 15) is 4.79 Å². The van der Waals surface area contributed by atoms with Gasteiger partial charge in [0.1, 0.15) is 5.76 Å². The van der Waals surface area contributed by atoms with E-state index in [-0.39, 0.29) is 5.91 Å². The highest BCUT2D eigenvalue weighted by Crippen LogP contribution is 2.34. The van der Waals surface area contributed by atoms with Crippen LogP contribution in [0.15, 0.2) is 29.0 Å². The molecular weight excluding hydrogens is 332 g/mol. The van der Waals surface area contributed by atoms with E-state index in [2.05, 4.69) is 21.1 Å². The molecule has 7 heteroatoms. The second-order valence-corrected chi connectivity index (χ2v) is 7.16. The first-order valence-corrected chi connectivity index (χ1v) is 9.03.